The Kier molecular flexibility index (Phi) is 2.57. The number of hydrogen-bond acceptors (Lipinski definition) is 3. The SMILES string of the molecule is O=C1Cc2ccc(C(=O)N3CC4CCC(C3)O4)cc2N1. The molecule has 0 radical (unpaired) electrons. The second-order valence-corrected chi connectivity index (χ2v) is 5.76. The summed E-state index contributed by atoms with van der Waals surface area (Å²) in [5.74, 6) is 0.0307. The van der Waals surface area contributed by atoms with Gasteiger partial charge in [0.15, 0.2) is 0 Å². The molecule has 0 aliphatic carbocycles. The van der Waals surface area contributed by atoms with E-state index in [0.717, 1.165) is 24.1 Å². The molecule has 2 atom stereocenters. The Hall–Kier alpha value is -1.88. The number of morpholine rings is 1. The minimum absolute atomic E-state index is 0.00554. The van der Waals surface area contributed by atoms with E-state index in [1.54, 1.807) is 6.07 Å². The van der Waals surface area contributed by atoms with Crippen molar-refractivity contribution in [2.24, 2.45) is 0 Å². The van der Waals surface area contributed by atoms with Crippen molar-refractivity contribution in [1.82, 2.24) is 4.90 Å². The predicted molar refractivity (Wildman–Crippen MR) is 72.6 cm³/mol. The van der Waals surface area contributed by atoms with Gasteiger partial charge < -0.3 is 15.0 Å². The second-order valence-electron chi connectivity index (χ2n) is 5.76. The number of ether oxygens (including phenoxy) is 1. The van der Waals surface area contributed by atoms with Crippen molar-refractivity contribution >= 4 is 17.5 Å². The molecule has 5 heteroatoms. The number of benzene rings is 1. The average molecular weight is 272 g/mol. The molecule has 3 aliphatic rings. The maximum atomic E-state index is 12.6. The van der Waals surface area contributed by atoms with Crippen LogP contribution >= 0.6 is 0 Å². The molecule has 2 fully saturated rings. The zero-order valence-corrected chi connectivity index (χ0v) is 11.1. The third kappa shape index (κ3) is 1.89. The lowest BCUT2D eigenvalue weighted by molar-refractivity contribution is -0.115. The van der Waals surface area contributed by atoms with Crippen molar-refractivity contribution in [3.8, 4) is 0 Å². The van der Waals surface area contributed by atoms with E-state index in [1.807, 2.05) is 17.0 Å². The van der Waals surface area contributed by atoms with Crippen LogP contribution in [0, 0.1) is 0 Å². The molecule has 1 aromatic carbocycles. The first-order valence-electron chi connectivity index (χ1n) is 7.06. The smallest absolute Gasteiger partial charge is 0.254 e. The van der Waals surface area contributed by atoms with Gasteiger partial charge in [-0.3, -0.25) is 9.59 Å². The number of nitrogens with zero attached hydrogens (tertiary/aromatic N) is 1. The Balaban J connectivity index is 1.57. The van der Waals surface area contributed by atoms with Crippen LogP contribution < -0.4 is 5.32 Å². The first-order valence-corrected chi connectivity index (χ1v) is 7.06. The van der Waals surface area contributed by atoms with Crippen LogP contribution in [0.4, 0.5) is 5.69 Å². The van der Waals surface area contributed by atoms with Gasteiger partial charge in [0.2, 0.25) is 5.91 Å². The van der Waals surface area contributed by atoms with Gasteiger partial charge in [-0.15, -0.1) is 0 Å². The second kappa shape index (κ2) is 4.31. The molecule has 3 heterocycles. The summed E-state index contributed by atoms with van der Waals surface area (Å²) in [6.45, 7) is 1.36. The summed E-state index contributed by atoms with van der Waals surface area (Å²) in [4.78, 5) is 25.8. The summed E-state index contributed by atoms with van der Waals surface area (Å²) >= 11 is 0. The van der Waals surface area contributed by atoms with Crippen LogP contribution in [-0.4, -0.2) is 42.0 Å². The van der Waals surface area contributed by atoms with Crippen molar-refractivity contribution in [2.45, 2.75) is 31.5 Å². The Labute approximate surface area is 116 Å². The molecule has 4 rings (SSSR count). The van der Waals surface area contributed by atoms with Gasteiger partial charge in [-0.05, 0) is 30.5 Å². The number of likely N-dealkylation sites (tertiary alicyclic amines) is 1. The molecule has 2 unspecified atom stereocenters. The summed E-state index contributed by atoms with van der Waals surface area (Å²) in [6, 6.07) is 5.48. The van der Waals surface area contributed by atoms with E-state index in [4.69, 9.17) is 4.74 Å². The number of anilines is 1. The summed E-state index contributed by atoms with van der Waals surface area (Å²) in [5, 5.41) is 2.79. The van der Waals surface area contributed by atoms with E-state index in [9.17, 15) is 9.59 Å². The van der Waals surface area contributed by atoms with Crippen molar-refractivity contribution in [3.05, 3.63) is 29.3 Å². The Morgan fingerprint density at radius 1 is 1.25 bits per heavy atom. The van der Waals surface area contributed by atoms with Crippen molar-refractivity contribution < 1.29 is 14.3 Å². The molecule has 20 heavy (non-hydrogen) atoms. The van der Waals surface area contributed by atoms with Crippen LogP contribution in [0.1, 0.15) is 28.8 Å². The number of nitrogens with one attached hydrogen (secondary N) is 1. The first kappa shape index (κ1) is 11.9. The largest absolute Gasteiger partial charge is 0.371 e. The number of amides is 2. The molecular formula is C15H16N2O3. The minimum atomic E-state index is -0.00554. The van der Waals surface area contributed by atoms with E-state index in [-0.39, 0.29) is 24.0 Å². The van der Waals surface area contributed by atoms with Crippen molar-refractivity contribution in [2.75, 3.05) is 18.4 Å². The van der Waals surface area contributed by atoms with Gasteiger partial charge in [-0.1, -0.05) is 6.07 Å². The van der Waals surface area contributed by atoms with Crippen LogP contribution in [-0.2, 0) is 16.0 Å². The lowest BCUT2D eigenvalue weighted by Gasteiger charge is -2.32. The van der Waals surface area contributed by atoms with E-state index in [0.29, 0.717) is 25.1 Å². The molecule has 1 N–H and O–H groups in total. The number of rotatable bonds is 1. The fourth-order valence-electron chi connectivity index (χ4n) is 3.31. The highest BCUT2D eigenvalue weighted by Gasteiger charge is 2.36. The number of hydrogen-bond donors (Lipinski definition) is 1. The topological polar surface area (TPSA) is 58.6 Å². The van der Waals surface area contributed by atoms with Gasteiger partial charge in [-0.2, -0.15) is 0 Å². The average Bonchev–Trinajstić information content (AvgIpc) is 2.98. The Morgan fingerprint density at radius 3 is 2.75 bits per heavy atom. The van der Waals surface area contributed by atoms with Crippen LogP contribution in [0.2, 0.25) is 0 Å². The van der Waals surface area contributed by atoms with E-state index in [2.05, 4.69) is 5.32 Å². The van der Waals surface area contributed by atoms with Crippen LogP contribution in [0.25, 0.3) is 0 Å². The first-order chi connectivity index (χ1) is 9.69. The van der Waals surface area contributed by atoms with Gasteiger partial charge >= 0.3 is 0 Å². The highest BCUT2D eigenvalue weighted by Crippen LogP contribution is 2.29. The Bertz CT molecular complexity index is 587. The highest BCUT2D eigenvalue weighted by atomic mass is 16.5. The molecule has 3 aliphatic heterocycles. The summed E-state index contributed by atoms with van der Waals surface area (Å²) in [5.41, 5.74) is 2.39. The number of fused-ring (bicyclic) bond motifs is 3. The van der Waals surface area contributed by atoms with Crippen molar-refractivity contribution in [1.29, 1.82) is 0 Å². The van der Waals surface area contributed by atoms with Crippen LogP contribution in [0.5, 0.6) is 0 Å². The third-order valence-electron chi connectivity index (χ3n) is 4.31. The van der Waals surface area contributed by atoms with Gasteiger partial charge in [0, 0.05) is 24.3 Å². The lowest BCUT2D eigenvalue weighted by Crippen LogP contribution is -2.45. The van der Waals surface area contributed by atoms with E-state index >= 15 is 0 Å². The molecule has 0 aromatic heterocycles. The maximum absolute atomic E-state index is 12.6. The third-order valence-corrected chi connectivity index (χ3v) is 4.31. The summed E-state index contributed by atoms with van der Waals surface area (Å²) in [7, 11) is 0. The minimum Gasteiger partial charge on any atom is -0.371 e. The predicted octanol–water partition coefficient (Wildman–Crippen LogP) is 1.18. The maximum Gasteiger partial charge on any atom is 0.254 e. The molecular weight excluding hydrogens is 256 g/mol. The monoisotopic (exact) mass is 272 g/mol. The van der Waals surface area contributed by atoms with Gasteiger partial charge in [0.05, 0.1) is 18.6 Å². The normalized spacial score (nSPS) is 27.4. The standard InChI is InChI=1S/C15H16N2O3/c18-14-6-9-1-2-10(5-13(9)16-14)15(19)17-7-11-3-4-12(8-17)20-11/h1-2,5,11-12H,3-4,6-8H2,(H,16,18). The Morgan fingerprint density at radius 2 is 2.00 bits per heavy atom. The van der Waals surface area contributed by atoms with E-state index in [1.165, 1.54) is 0 Å². The quantitative estimate of drug-likeness (QED) is 0.835. The van der Waals surface area contributed by atoms with Crippen LogP contribution in [0.3, 0.4) is 0 Å². The fourth-order valence-corrected chi connectivity index (χ4v) is 3.31. The molecule has 5 nitrogen and oxygen atoms in total. The molecule has 104 valence electrons. The molecule has 2 bridgehead atoms. The zero-order chi connectivity index (χ0) is 13.7. The van der Waals surface area contributed by atoms with Crippen LogP contribution in [0.15, 0.2) is 18.2 Å². The molecule has 0 saturated carbocycles. The molecule has 1 aromatic rings. The number of carbonyl (C=O) groups excluding carboxylic acids is 2. The molecule has 2 saturated heterocycles. The van der Waals surface area contributed by atoms with Gasteiger partial charge in [0.1, 0.15) is 0 Å². The molecule has 2 amide bonds. The highest BCUT2D eigenvalue weighted by molar-refractivity contribution is 6.02. The van der Waals surface area contributed by atoms with Gasteiger partial charge in [-0.25, -0.2) is 0 Å². The van der Waals surface area contributed by atoms with Crippen molar-refractivity contribution in [3.63, 3.8) is 0 Å². The van der Waals surface area contributed by atoms with E-state index < -0.39 is 0 Å². The molecule has 0 spiro atoms. The lowest BCUT2D eigenvalue weighted by atomic mass is 10.1. The van der Waals surface area contributed by atoms with Gasteiger partial charge in [0.25, 0.3) is 5.91 Å². The summed E-state index contributed by atoms with van der Waals surface area (Å²) < 4.78 is 5.75. The summed E-state index contributed by atoms with van der Waals surface area (Å²) in [6.07, 6.45) is 2.91. The number of carbonyl (C=O) groups is 2. The fraction of sp³-hybridized carbons (Fsp3) is 0.467. The zero-order valence-electron chi connectivity index (χ0n) is 11.1.